The van der Waals surface area contributed by atoms with Gasteiger partial charge in [0.1, 0.15) is 18.7 Å². The van der Waals surface area contributed by atoms with Crippen molar-refractivity contribution in [3.8, 4) is 11.1 Å². The lowest BCUT2D eigenvalue weighted by Crippen LogP contribution is -2.55. The van der Waals surface area contributed by atoms with E-state index < -0.39 is 30.1 Å². The number of carboxylic acids is 1. The molecule has 0 heterocycles. The molecule has 7 nitrogen and oxygen atoms in total. The van der Waals surface area contributed by atoms with E-state index in [0.717, 1.165) is 41.5 Å². The first-order chi connectivity index (χ1) is 16.3. The Morgan fingerprint density at radius 1 is 0.971 bits per heavy atom. The summed E-state index contributed by atoms with van der Waals surface area (Å²) in [5.41, 5.74) is 4.50. The van der Waals surface area contributed by atoms with Crippen LogP contribution in [0.3, 0.4) is 0 Å². The van der Waals surface area contributed by atoms with E-state index in [9.17, 15) is 19.5 Å². The molecular weight excluding hydrogens is 432 g/mol. The first-order valence-electron chi connectivity index (χ1n) is 12.0. The topological polar surface area (TPSA) is 105 Å². The van der Waals surface area contributed by atoms with Crippen molar-refractivity contribution in [2.24, 2.45) is 11.8 Å². The minimum atomic E-state index is -1.04. The van der Waals surface area contributed by atoms with Crippen LogP contribution in [0.4, 0.5) is 4.79 Å². The number of benzene rings is 2. The summed E-state index contributed by atoms with van der Waals surface area (Å²) in [6.45, 7) is 4.04. The van der Waals surface area contributed by atoms with Crippen LogP contribution in [0.2, 0.25) is 0 Å². The second kappa shape index (κ2) is 10.3. The van der Waals surface area contributed by atoms with Gasteiger partial charge in [-0.1, -0.05) is 68.8 Å². The molecule has 7 heteroatoms. The molecule has 4 rings (SSSR count). The van der Waals surface area contributed by atoms with Crippen LogP contribution in [0.25, 0.3) is 11.1 Å². The molecule has 1 fully saturated rings. The molecule has 2 aromatic rings. The highest BCUT2D eigenvalue weighted by Gasteiger charge is 2.36. The first kappa shape index (κ1) is 23.8. The van der Waals surface area contributed by atoms with E-state index >= 15 is 0 Å². The zero-order chi connectivity index (χ0) is 24.2. The third-order valence-corrected chi connectivity index (χ3v) is 6.84. The van der Waals surface area contributed by atoms with E-state index in [2.05, 4.69) is 22.8 Å². The zero-order valence-corrected chi connectivity index (χ0v) is 19.6. The number of amides is 2. The second-order valence-corrected chi connectivity index (χ2v) is 9.67. The van der Waals surface area contributed by atoms with Gasteiger partial charge in [-0.05, 0) is 53.4 Å². The largest absolute Gasteiger partial charge is 0.480 e. The van der Waals surface area contributed by atoms with Gasteiger partial charge in [-0.2, -0.15) is 0 Å². The number of fused-ring (bicyclic) bond motifs is 3. The molecule has 2 atom stereocenters. The lowest BCUT2D eigenvalue weighted by atomic mass is 9.79. The van der Waals surface area contributed by atoms with Crippen LogP contribution in [0.1, 0.15) is 56.6 Å². The van der Waals surface area contributed by atoms with Crippen molar-refractivity contribution in [3.05, 3.63) is 59.7 Å². The van der Waals surface area contributed by atoms with E-state index in [1.165, 1.54) is 0 Å². The van der Waals surface area contributed by atoms with Crippen molar-refractivity contribution in [1.82, 2.24) is 10.6 Å². The molecule has 0 saturated heterocycles. The van der Waals surface area contributed by atoms with Crippen molar-refractivity contribution in [2.75, 3.05) is 6.61 Å². The summed E-state index contributed by atoms with van der Waals surface area (Å²) in [6.07, 6.45) is 2.24. The van der Waals surface area contributed by atoms with Gasteiger partial charge in [0.2, 0.25) is 5.91 Å². The van der Waals surface area contributed by atoms with E-state index in [1.807, 2.05) is 50.2 Å². The average Bonchev–Trinajstić information content (AvgIpc) is 3.09. The summed E-state index contributed by atoms with van der Waals surface area (Å²) in [6, 6.07) is 14.4. The van der Waals surface area contributed by atoms with E-state index in [1.54, 1.807) is 0 Å². The van der Waals surface area contributed by atoms with Crippen LogP contribution in [0.5, 0.6) is 0 Å². The van der Waals surface area contributed by atoms with Gasteiger partial charge in [-0.25, -0.2) is 9.59 Å². The number of rotatable bonds is 9. The van der Waals surface area contributed by atoms with Crippen molar-refractivity contribution >= 4 is 18.0 Å². The number of carbonyl (C=O) groups is 3. The highest BCUT2D eigenvalue weighted by atomic mass is 16.5. The van der Waals surface area contributed by atoms with Crippen molar-refractivity contribution in [2.45, 2.75) is 57.5 Å². The number of hydrogen-bond donors (Lipinski definition) is 3. The Bertz CT molecular complexity index is 1020. The van der Waals surface area contributed by atoms with Crippen LogP contribution in [-0.2, 0) is 14.3 Å². The SMILES string of the molecule is CC(C)CC(NC(=O)OCC1c2ccccc2-c2ccccc21)C(=O)NC(C(=O)O)C1CCC1. The van der Waals surface area contributed by atoms with Crippen LogP contribution in [0, 0.1) is 11.8 Å². The summed E-state index contributed by atoms with van der Waals surface area (Å²) >= 11 is 0. The Kier molecular flexibility index (Phi) is 7.20. The van der Waals surface area contributed by atoms with Crippen LogP contribution in [0.15, 0.2) is 48.5 Å². The number of ether oxygens (including phenoxy) is 1. The molecule has 0 radical (unpaired) electrons. The molecule has 180 valence electrons. The number of aliphatic carboxylic acids is 1. The molecule has 2 aliphatic rings. The maximum absolute atomic E-state index is 12.9. The van der Waals surface area contributed by atoms with E-state index in [0.29, 0.717) is 6.42 Å². The Balaban J connectivity index is 1.40. The zero-order valence-electron chi connectivity index (χ0n) is 19.6. The molecule has 0 aromatic heterocycles. The number of alkyl carbamates (subject to hydrolysis) is 1. The van der Waals surface area contributed by atoms with Gasteiger partial charge in [0.25, 0.3) is 0 Å². The lowest BCUT2D eigenvalue weighted by molar-refractivity contribution is -0.144. The summed E-state index contributed by atoms with van der Waals surface area (Å²) in [5.74, 6) is -1.54. The average molecular weight is 465 g/mol. The third kappa shape index (κ3) is 5.08. The quantitative estimate of drug-likeness (QED) is 0.513. The van der Waals surface area contributed by atoms with Gasteiger partial charge in [0.15, 0.2) is 0 Å². The van der Waals surface area contributed by atoms with Gasteiger partial charge in [-0.3, -0.25) is 4.79 Å². The predicted octanol–water partition coefficient (Wildman–Crippen LogP) is 4.31. The molecule has 3 N–H and O–H groups in total. The monoisotopic (exact) mass is 464 g/mol. The van der Waals surface area contributed by atoms with Crippen molar-refractivity contribution in [1.29, 1.82) is 0 Å². The molecule has 2 aliphatic carbocycles. The first-order valence-corrected chi connectivity index (χ1v) is 12.0. The fraction of sp³-hybridized carbons (Fsp3) is 0.444. The van der Waals surface area contributed by atoms with Crippen LogP contribution >= 0.6 is 0 Å². The summed E-state index contributed by atoms with van der Waals surface area (Å²) in [5, 5.41) is 14.9. The Hall–Kier alpha value is -3.35. The number of nitrogens with one attached hydrogen (secondary N) is 2. The van der Waals surface area contributed by atoms with Crippen molar-refractivity contribution in [3.63, 3.8) is 0 Å². The lowest BCUT2D eigenvalue weighted by Gasteiger charge is -2.32. The predicted molar refractivity (Wildman–Crippen MR) is 128 cm³/mol. The van der Waals surface area contributed by atoms with Crippen molar-refractivity contribution < 1.29 is 24.2 Å². The summed E-state index contributed by atoms with van der Waals surface area (Å²) < 4.78 is 5.59. The number of carboxylic acid groups (broad SMARTS) is 1. The van der Waals surface area contributed by atoms with Gasteiger partial charge < -0.3 is 20.5 Å². The molecule has 0 spiro atoms. The Labute approximate surface area is 199 Å². The van der Waals surface area contributed by atoms with Gasteiger partial charge in [-0.15, -0.1) is 0 Å². The van der Waals surface area contributed by atoms with Gasteiger partial charge >= 0.3 is 12.1 Å². The molecule has 2 aromatic carbocycles. The normalized spacial score (nSPS) is 16.7. The molecular formula is C27H32N2O5. The fourth-order valence-corrected chi connectivity index (χ4v) is 4.89. The second-order valence-electron chi connectivity index (χ2n) is 9.67. The Morgan fingerprint density at radius 3 is 2.06 bits per heavy atom. The summed E-state index contributed by atoms with van der Waals surface area (Å²) in [7, 11) is 0. The summed E-state index contributed by atoms with van der Waals surface area (Å²) in [4.78, 5) is 37.3. The molecule has 2 amide bonds. The van der Waals surface area contributed by atoms with Crippen LogP contribution in [-0.4, -0.2) is 41.8 Å². The highest BCUT2D eigenvalue weighted by molar-refractivity contribution is 5.89. The highest BCUT2D eigenvalue weighted by Crippen LogP contribution is 2.44. The standard InChI is InChI=1S/C27H32N2O5/c1-16(2)14-23(25(30)29-24(26(31)32)17-8-7-9-17)28-27(33)34-15-22-20-12-5-3-10-18(20)19-11-4-6-13-21(19)22/h3-6,10-13,16-17,22-24H,7-9,14-15H2,1-2H3,(H,28,33)(H,29,30)(H,31,32). The molecule has 0 aliphatic heterocycles. The van der Waals surface area contributed by atoms with Gasteiger partial charge in [0.05, 0.1) is 0 Å². The molecule has 0 bridgehead atoms. The fourth-order valence-electron chi connectivity index (χ4n) is 4.89. The molecule has 1 saturated carbocycles. The molecule has 2 unspecified atom stereocenters. The third-order valence-electron chi connectivity index (χ3n) is 6.84. The van der Waals surface area contributed by atoms with Crippen LogP contribution < -0.4 is 10.6 Å². The van der Waals surface area contributed by atoms with E-state index in [4.69, 9.17) is 4.74 Å². The van der Waals surface area contributed by atoms with E-state index in [-0.39, 0.29) is 24.4 Å². The maximum atomic E-state index is 12.9. The maximum Gasteiger partial charge on any atom is 0.407 e. The smallest absolute Gasteiger partial charge is 0.407 e. The molecule has 34 heavy (non-hydrogen) atoms. The Morgan fingerprint density at radius 2 is 1.56 bits per heavy atom. The van der Waals surface area contributed by atoms with Gasteiger partial charge in [0, 0.05) is 5.92 Å². The minimum Gasteiger partial charge on any atom is -0.480 e. The number of hydrogen-bond acceptors (Lipinski definition) is 4. The number of carbonyl (C=O) groups excluding carboxylic acids is 2. The minimum absolute atomic E-state index is 0.0596.